The Kier molecular flexibility index (Phi) is 4.06. The molecule has 0 aromatic heterocycles. The summed E-state index contributed by atoms with van der Waals surface area (Å²) in [5.41, 5.74) is 0.132. The monoisotopic (exact) mass is 286 g/mol. The molecular weight excluding hydrogens is 264 g/mol. The van der Waals surface area contributed by atoms with Crippen molar-refractivity contribution in [3.63, 3.8) is 0 Å². The van der Waals surface area contributed by atoms with Crippen molar-refractivity contribution >= 4 is 5.78 Å². The lowest BCUT2D eigenvalue weighted by Crippen LogP contribution is -2.44. The number of hydrogen-bond donors (Lipinski definition) is 1. The van der Waals surface area contributed by atoms with E-state index in [0.717, 1.165) is 0 Å². The third-order valence-electron chi connectivity index (χ3n) is 4.17. The van der Waals surface area contributed by atoms with E-state index in [9.17, 15) is 9.90 Å². The molecule has 1 aliphatic carbocycles. The summed E-state index contributed by atoms with van der Waals surface area (Å²) in [5, 5.41) is 10.4. The smallest absolute Gasteiger partial charge is 0.196 e. The Morgan fingerprint density at radius 1 is 1.24 bits per heavy atom. The van der Waals surface area contributed by atoms with Gasteiger partial charge >= 0.3 is 0 Å². The van der Waals surface area contributed by atoms with Crippen molar-refractivity contribution in [2.45, 2.75) is 32.8 Å². The maximum Gasteiger partial charge on any atom is 0.196 e. The van der Waals surface area contributed by atoms with E-state index in [0.29, 0.717) is 17.6 Å². The Bertz CT molecular complexity index is 591. The molecule has 0 heterocycles. The molecule has 3 nitrogen and oxygen atoms in total. The minimum absolute atomic E-state index is 0.0862. The van der Waals surface area contributed by atoms with Gasteiger partial charge in [-0.25, -0.2) is 0 Å². The molecular formula is C18H22O3. The fourth-order valence-electron chi connectivity index (χ4n) is 2.63. The Labute approximate surface area is 125 Å². The van der Waals surface area contributed by atoms with Gasteiger partial charge in [-0.3, -0.25) is 4.79 Å². The van der Waals surface area contributed by atoms with Gasteiger partial charge in [0.2, 0.25) is 0 Å². The Morgan fingerprint density at radius 2 is 1.86 bits per heavy atom. The van der Waals surface area contributed by atoms with Gasteiger partial charge in [-0.1, -0.05) is 57.2 Å². The van der Waals surface area contributed by atoms with Gasteiger partial charge in [-0.05, 0) is 11.5 Å². The third-order valence-corrected chi connectivity index (χ3v) is 4.17. The Balaban J connectivity index is 2.34. The quantitative estimate of drug-likeness (QED) is 0.852. The van der Waals surface area contributed by atoms with E-state index in [1.807, 2.05) is 24.3 Å². The molecule has 1 aromatic rings. The molecule has 0 saturated heterocycles. The lowest BCUT2D eigenvalue weighted by Gasteiger charge is -2.43. The first-order valence-electron chi connectivity index (χ1n) is 7.07. The summed E-state index contributed by atoms with van der Waals surface area (Å²) in [4.78, 5) is 12.4. The minimum atomic E-state index is -0.600. The number of hydrogen-bond acceptors (Lipinski definition) is 3. The molecule has 1 N–H and O–H groups in total. The number of carbonyl (C=O) groups is 1. The Morgan fingerprint density at radius 3 is 2.33 bits per heavy atom. The number of ether oxygens (including phenoxy) is 1. The fraction of sp³-hybridized carbons (Fsp3) is 0.389. The molecule has 3 heteroatoms. The van der Waals surface area contributed by atoms with Crippen LogP contribution in [0.15, 0.2) is 53.8 Å². The van der Waals surface area contributed by atoms with Gasteiger partial charge < -0.3 is 9.84 Å². The highest BCUT2D eigenvalue weighted by Gasteiger charge is 2.43. The molecule has 0 saturated carbocycles. The average molecular weight is 286 g/mol. The van der Waals surface area contributed by atoms with E-state index < -0.39 is 5.60 Å². The zero-order valence-corrected chi connectivity index (χ0v) is 13.0. The second-order valence-electron chi connectivity index (χ2n) is 6.41. The van der Waals surface area contributed by atoms with Gasteiger partial charge in [0.15, 0.2) is 5.78 Å². The molecule has 1 atom stereocenters. The third kappa shape index (κ3) is 2.79. The zero-order chi connectivity index (χ0) is 15.7. The van der Waals surface area contributed by atoms with E-state index >= 15 is 0 Å². The van der Waals surface area contributed by atoms with Crippen LogP contribution in [0.5, 0.6) is 0 Å². The van der Waals surface area contributed by atoms with Crippen molar-refractivity contribution in [2.24, 2.45) is 5.41 Å². The van der Waals surface area contributed by atoms with Gasteiger partial charge in [0, 0.05) is 19.1 Å². The van der Waals surface area contributed by atoms with Crippen LogP contribution in [0.3, 0.4) is 0 Å². The lowest BCUT2D eigenvalue weighted by atomic mass is 9.71. The summed E-state index contributed by atoms with van der Waals surface area (Å²) in [6.45, 7) is 6.16. The number of aliphatic hydroxyl groups is 1. The van der Waals surface area contributed by atoms with Gasteiger partial charge in [0.1, 0.15) is 5.76 Å². The summed E-state index contributed by atoms with van der Waals surface area (Å²) >= 11 is 0. The van der Waals surface area contributed by atoms with Gasteiger partial charge in [-0.2, -0.15) is 0 Å². The first-order chi connectivity index (χ1) is 9.81. The molecule has 0 radical (unpaired) electrons. The molecule has 1 aromatic carbocycles. The molecule has 0 spiro atoms. The van der Waals surface area contributed by atoms with Crippen LogP contribution >= 0.6 is 0 Å². The standard InChI is InChI=1S/C18H22O3/c1-17(2,3)18(21-4)11-10-14(15(19)12-18)16(20)13-8-6-5-7-9-13/h5-11,19H,12H2,1-4H3. The zero-order valence-electron chi connectivity index (χ0n) is 13.0. The van der Waals surface area contributed by atoms with E-state index in [1.54, 1.807) is 25.3 Å². The second-order valence-corrected chi connectivity index (χ2v) is 6.41. The molecule has 1 aliphatic rings. The lowest BCUT2D eigenvalue weighted by molar-refractivity contribution is -0.0591. The highest BCUT2D eigenvalue weighted by Crippen LogP contribution is 2.42. The first-order valence-corrected chi connectivity index (χ1v) is 7.07. The molecule has 0 aliphatic heterocycles. The number of benzene rings is 1. The van der Waals surface area contributed by atoms with Crippen molar-refractivity contribution in [1.29, 1.82) is 0 Å². The molecule has 21 heavy (non-hydrogen) atoms. The van der Waals surface area contributed by atoms with Crippen LogP contribution in [0.2, 0.25) is 0 Å². The van der Waals surface area contributed by atoms with Crippen LogP contribution in [0.1, 0.15) is 37.6 Å². The normalized spacial score (nSPS) is 22.5. The number of allylic oxidation sites excluding steroid dienone is 2. The summed E-state index contributed by atoms with van der Waals surface area (Å²) in [6, 6.07) is 8.98. The van der Waals surface area contributed by atoms with Crippen molar-refractivity contribution in [3.8, 4) is 0 Å². The van der Waals surface area contributed by atoms with Crippen LogP contribution in [0.4, 0.5) is 0 Å². The summed E-state index contributed by atoms with van der Waals surface area (Å²) in [6.07, 6.45) is 3.88. The van der Waals surface area contributed by atoms with E-state index in [-0.39, 0.29) is 17.0 Å². The summed E-state index contributed by atoms with van der Waals surface area (Å²) in [5.74, 6) is -0.0777. The molecule has 0 amide bonds. The van der Waals surface area contributed by atoms with Crippen molar-refractivity contribution in [2.75, 3.05) is 7.11 Å². The van der Waals surface area contributed by atoms with Gasteiger partial charge in [0.25, 0.3) is 0 Å². The molecule has 2 rings (SSSR count). The second kappa shape index (κ2) is 5.49. The van der Waals surface area contributed by atoms with Crippen LogP contribution < -0.4 is 0 Å². The summed E-state index contributed by atoms with van der Waals surface area (Å²) in [7, 11) is 1.63. The van der Waals surface area contributed by atoms with Crippen LogP contribution in [0.25, 0.3) is 0 Å². The minimum Gasteiger partial charge on any atom is -0.511 e. The number of aliphatic hydroxyl groups excluding tert-OH is 1. The van der Waals surface area contributed by atoms with Gasteiger partial charge in [-0.15, -0.1) is 0 Å². The van der Waals surface area contributed by atoms with E-state index in [4.69, 9.17) is 4.74 Å². The maximum absolute atomic E-state index is 12.4. The predicted octanol–water partition coefficient (Wildman–Crippen LogP) is 4.07. The van der Waals surface area contributed by atoms with Crippen molar-refractivity contribution < 1.29 is 14.6 Å². The average Bonchev–Trinajstić information content (AvgIpc) is 2.46. The number of carbonyl (C=O) groups excluding carboxylic acids is 1. The highest BCUT2D eigenvalue weighted by molar-refractivity contribution is 6.11. The molecule has 0 fully saturated rings. The van der Waals surface area contributed by atoms with E-state index in [2.05, 4.69) is 20.8 Å². The maximum atomic E-state index is 12.4. The van der Waals surface area contributed by atoms with Crippen molar-refractivity contribution in [1.82, 2.24) is 0 Å². The van der Waals surface area contributed by atoms with Crippen molar-refractivity contribution in [3.05, 3.63) is 59.4 Å². The SMILES string of the molecule is COC1(C(C)(C)C)C=CC(C(=O)c2ccccc2)=C(O)C1. The van der Waals surface area contributed by atoms with Crippen LogP contribution in [-0.4, -0.2) is 23.6 Å². The fourth-order valence-corrected chi connectivity index (χ4v) is 2.63. The molecule has 112 valence electrons. The molecule has 1 unspecified atom stereocenters. The van der Waals surface area contributed by atoms with Gasteiger partial charge in [0.05, 0.1) is 11.2 Å². The largest absolute Gasteiger partial charge is 0.511 e. The molecule has 0 bridgehead atoms. The predicted molar refractivity (Wildman–Crippen MR) is 83.4 cm³/mol. The van der Waals surface area contributed by atoms with Crippen LogP contribution in [-0.2, 0) is 4.74 Å². The first kappa shape index (κ1) is 15.5. The number of methoxy groups -OCH3 is 1. The number of ketones is 1. The summed E-state index contributed by atoms with van der Waals surface area (Å²) < 4.78 is 5.66. The number of rotatable bonds is 3. The number of Topliss-reactive ketones (excluding diaryl/α,β-unsaturated/α-hetero) is 1. The highest BCUT2D eigenvalue weighted by atomic mass is 16.5. The topological polar surface area (TPSA) is 46.5 Å². The van der Waals surface area contributed by atoms with Crippen LogP contribution in [0, 0.1) is 5.41 Å². The Hall–Kier alpha value is -1.87. The van der Waals surface area contributed by atoms with E-state index in [1.165, 1.54) is 0 Å².